The first-order chi connectivity index (χ1) is 11.5. The fraction of sp³-hybridized carbons (Fsp3) is 0.312. The van der Waals surface area contributed by atoms with Crippen molar-refractivity contribution in [3.05, 3.63) is 52.0 Å². The van der Waals surface area contributed by atoms with E-state index in [1.807, 2.05) is 25.1 Å². The van der Waals surface area contributed by atoms with Crippen LogP contribution in [0.4, 0.5) is 0 Å². The Morgan fingerprint density at radius 2 is 2.08 bits per heavy atom. The molecule has 1 aromatic carbocycles. The maximum Gasteiger partial charge on any atom is 0.270 e. The maximum absolute atomic E-state index is 12.1. The highest BCUT2D eigenvalue weighted by atomic mass is 16.1. The summed E-state index contributed by atoms with van der Waals surface area (Å²) in [6.07, 6.45) is 0.438. The van der Waals surface area contributed by atoms with E-state index in [1.165, 1.54) is 0 Å². The number of aromatic amines is 2. The number of para-hydroxylation sites is 2. The minimum atomic E-state index is -0.301. The molecule has 3 aromatic rings. The summed E-state index contributed by atoms with van der Waals surface area (Å²) in [5.41, 5.74) is 1.48. The van der Waals surface area contributed by atoms with E-state index in [9.17, 15) is 9.59 Å². The zero-order chi connectivity index (χ0) is 17.1. The molecule has 1 amide bonds. The Balaban J connectivity index is 1.64. The average molecular weight is 326 g/mol. The van der Waals surface area contributed by atoms with Crippen molar-refractivity contribution in [1.29, 1.82) is 0 Å². The Bertz CT molecular complexity index is 929. The zero-order valence-electron chi connectivity index (χ0n) is 13.5. The number of hydrogen-bond donors (Lipinski definition) is 3. The Morgan fingerprint density at radius 3 is 2.83 bits per heavy atom. The molecule has 3 N–H and O–H groups in total. The van der Waals surface area contributed by atoms with Crippen molar-refractivity contribution in [1.82, 2.24) is 30.5 Å². The number of hydrogen-bond acceptors (Lipinski definition) is 5. The highest BCUT2D eigenvalue weighted by Crippen LogP contribution is 2.08. The number of nitrogens with zero attached hydrogens (tertiary/aromatic N) is 3. The molecule has 0 saturated carbocycles. The van der Waals surface area contributed by atoms with E-state index >= 15 is 0 Å². The van der Waals surface area contributed by atoms with Crippen molar-refractivity contribution in [2.45, 2.75) is 32.7 Å². The van der Waals surface area contributed by atoms with Crippen LogP contribution in [0.25, 0.3) is 11.0 Å². The van der Waals surface area contributed by atoms with Crippen molar-refractivity contribution in [3.8, 4) is 0 Å². The van der Waals surface area contributed by atoms with Crippen LogP contribution in [0.3, 0.4) is 0 Å². The SMILES string of the molecule is Cc1nc(C(C)NC(=O)CCc2nc3ccccc3[nH]c2=O)n[nH]1. The normalized spacial score (nSPS) is 12.2. The van der Waals surface area contributed by atoms with Gasteiger partial charge in [0.05, 0.1) is 17.1 Å². The van der Waals surface area contributed by atoms with Gasteiger partial charge in [0.25, 0.3) is 5.56 Å². The molecule has 0 fully saturated rings. The van der Waals surface area contributed by atoms with Crippen LogP contribution < -0.4 is 10.9 Å². The molecule has 0 aliphatic rings. The molecule has 1 atom stereocenters. The molecule has 24 heavy (non-hydrogen) atoms. The van der Waals surface area contributed by atoms with E-state index in [0.29, 0.717) is 28.4 Å². The van der Waals surface area contributed by atoms with Gasteiger partial charge in [0.2, 0.25) is 5.91 Å². The first-order valence-corrected chi connectivity index (χ1v) is 7.69. The molecule has 8 heteroatoms. The minimum absolute atomic E-state index is 0.169. The Hall–Kier alpha value is -3.03. The summed E-state index contributed by atoms with van der Waals surface area (Å²) in [7, 11) is 0. The number of carbonyl (C=O) groups is 1. The Kier molecular flexibility index (Phi) is 4.37. The second-order valence-corrected chi connectivity index (χ2v) is 5.60. The lowest BCUT2D eigenvalue weighted by Crippen LogP contribution is -2.28. The van der Waals surface area contributed by atoms with E-state index in [4.69, 9.17) is 0 Å². The third kappa shape index (κ3) is 3.48. The standard InChI is InChI=1S/C16H18N6O2/c1-9(15-18-10(2)21-22-15)17-14(23)8-7-13-16(24)20-12-6-4-3-5-11(12)19-13/h3-6,9H,7-8H2,1-2H3,(H,17,23)(H,20,24)(H,18,21,22). The first kappa shape index (κ1) is 15.9. The molecule has 0 radical (unpaired) electrons. The third-order valence-electron chi connectivity index (χ3n) is 3.64. The van der Waals surface area contributed by atoms with Gasteiger partial charge < -0.3 is 10.3 Å². The van der Waals surface area contributed by atoms with Crippen LogP contribution in [0.5, 0.6) is 0 Å². The number of fused-ring (bicyclic) bond motifs is 1. The molecule has 1 unspecified atom stereocenters. The maximum atomic E-state index is 12.1. The van der Waals surface area contributed by atoms with Gasteiger partial charge in [0.1, 0.15) is 11.5 Å². The lowest BCUT2D eigenvalue weighted by molar-refractivity contribution is -0.121. The monoisotopic (exact) mass is 326 g/mol. The quantitative estimate of drug-likeness (QED) is 0.650. The van der Waals surface area contributed by atoms with Gasteiger partial charge in [0, 0.05) is 12.8 Å². The topological polar surface area (TPSA) is 116 Å². The van der Waals surface area contributed by atoms with Crippen molar-refractivity contribution in [2.75, 3.05) is 0 Å². The molecule has 2 aromatic heterocycles. The van der Waals surface area contributed by atoms with Gasteiger partial charge in [-0.05, 0) is 26.0 Å². The lowest BCUT2D eigenvalue weighted by Gasteiger charge is -2.10. The number of nitrogens with one attached hydrogen (secondary N) is 3. The van der Waals surface area contributed by atoms with Crippen LogP contribution in [0.15, 0.2) is 29.1 Å². The first-order valence-electron chi connectivity index (χ1n) is 7.69. The molecule has 3 rings (SSSR count). The van der Waals surface area contributed by atoms with E-state index in [0.717, 1.165) is 0 Å². The zero-order valence-corrected chi connectivity index (χ0v) is 13.5. The smallest absolute Gasteiger partial charge is 0.270 e. The van der Waals surface area contributed by atoms with Crippen LogP contribution in [-0.4, -0.2) is 31.1 Å². The van der Waals surface area contributed by atoms with Gasteiger partial charge in [-0.15, -0.1) is 0 Å². The van der Waals surface area contributed by atoms with Crippen LogP contribution in [0.2, 0.25) is 0 Å². The molecule has 8 nitrogen and oxygen atoms in total. The minimum Gasteiger partial charge on any atom is -0.346 e. The van der Waals surface area contributed by atoms with Gasteiger partial charge in [-0.1, -0.05) is 12.1 Å². The van der Waals surface area contributed by atoms with E-state index in [-0.39, 0.29) is 30.3 Å². The van der Waals surface area contributed by atoms with Gasteiger partial charge in [-0.3, -0.25) is 14.7 Å². The molecule has 0 aliphatic heterocycles. The number of benzene rings is 1. The predicted octanol–water partition coefficient (Wildman–Crippen LogP) is 1.16. The van der Waals surface area contributed by atoms with Crippen LogP contribution >= 0.6 is 0 Å². The number of carbonyl (C=O) groups excluding carboxylic acids is 1. The molecule has 0 bridgehead atoms. The van der Waals surface area contributed by atoms with Crippen molar-refractivity contribution in [2.24, 2.45) is 0 Å². The number of amides is 1. The summed E-state index contributed by atoms with van der Waals surface area (Å²) >= 11 is 0. The molecule has 0 saturated heterocycles. The van der Waals surface area contributed by atoms with Crippen LogP contribution in [0, 0.1) is 6.92 Å². The number of aryl methyl sites for hydroxylation is 2. The Labute approximate surface area is 137 Å². The fourth-order valence-corrected chi connectivity index (χ4v) is 2.40. The molecule has 0 spiro atoms. The highest BCUT2D eigenvalue weighted by Gasteiger charge is 2.14. The van der Waals surface area contributed by atoms with Gasteiger partial charge in [0.15, 0.2) is 5.82 Å². The summed E-state index contributed by atoms with van der Waals surface area (Å²) in [5, 5.41) is 9.57. The molecule has 0 aliphatic carbocycles. The van der Waals surface area contributed by atoms with E-state index < -0.39 is 0 Å². The number of H-pyrrole nitrogens is 2. The molecular formula is C16H18N6O2. The van der Waals surface area contributed by atoms with Crippen molar-refractivity contribution >= 4 is 16.9 Å². The largest absolute Gasteiger partial charge is 0.346 e. The highest BCUT2D eigenvalue weighted by molar-refractivity contribution is 5.77. The second kappa shape index (κ2) is 6.61. The summed E-state index contributed by atoms with van der Waals surface area (Å²) in [4.78, 5) is 35.4. The summed E-state index contributed by atoms with van der Waals surface area (Å²) in [5.74, 6) is 1.04. The Morgan fingerprint density at radius 1 is 1.29 bits per heavy atom. The van der Waals surface area contributed by atoms with Gasteiger partial charge in [-0.2, -0.15) is 5.10 Å². The molecule has 2 heterocycles. The van der Waals surface area contributed by atoms with Crippen LogP contribution in [0.1, 0.15) is 36.7 Å². The number of rotatable bonds is 5. The summed E-state index contributed by atoms with van der Waals surface area (Å²) in [6.45, 7) is 3.60. The van der Waals surface area contributed by atoms with Crippen molar-refractivity contribution in [3.63, 3.8) is 0 Å². The average Bonchev–Trinajstić information content (AvgIpc) is 2.99. The van der Waals surface area contributed by atoms with Gasteiger partial charge in [-0.25, -0.2) is 9.97 Å². The molecular weight excluding hydrogens is 308 g/mol. The van der Waals surface area contributed by atoms with E-state index in [2.05, 4.69) is 30.5 Å². The second-order valence-electron chi connectivity index (χ2n) is 5.60. The summed E-state index contributed by atoms with van der Waals surface area (Å²) < 4.78 is 0. The fourth-order valence-electron chi connectivity index (χ4n) is 2.40. The predicted molar refractivity (Wildman–Crippen MR) is 88.4 cm³/mol. The third-order valence-corrected chi connectivity index (χ3v) is 3.64. The van der Waals surface area contributed by atoms with Crippen LogP contribution in [-0.2, 0) is 11.2 Å². The number of aromatic nitrogens is 5. The lowest BCUT2D eigenvalue weighted by atomic mass is 10.2. The van der Waals surface area contributed by atoms with Gasteiger partial charge >= 0.3 is 0 Å². The molecule has 124 valence electrons. The summed E-state index contributed by atoms with van der Waals surface area (Å²) in [6, 6.07) is 7.00. The van der Waals surface area contributed by atoms with E-state index in [1.54, 1.807) is 13.0 Å². The van der Waals surface area contributed by atoms with Crippen molar-refractivity contribution < 1.29 is 4.79 Å².